The van der Waals surface area contributed by atoms with Crippen molar-refractivity contribution < 1.29 is 37.6 Å². The summed E-state index contributed by atoms with van der Waals surface area (Å²) >= 11 is 0. The van der Waals surface area contributed by atoms with Crippen LogP contribution in [0.5, 0.6) is 0 Å². The fourth-order valence-corrected chi connectivity index (χ4v) is 17.5. The summed E-state index contributed by atoms with van der Waals surface area (Å²) < 4.78 is 50.0. The maximum Gasteiger partial charge on any atom is 0.200 e. The third-order valence-electron chi connectivity index (χ3n) is 15.5. The summed E-state index contributed by atoms with van der Waals surface area (Å²) in [5, 5.41) is 0. The molecule has 6 saturated heterocycles. The molecule has 6 rings (SSSR count). The van der Waals surface area contributed by atoms with E-state index >= 15 is 0 Å². The molecule has 294 valence electrons. The first-order valence-electron chi connectivity index (χ1n) is 21.1. The molecule has 1 unspecified atom stereocenters. The van der Waals surface area contributed by atoms with Gasteiger partial charge >= 0.3 is 0 Å². The first kappa shape index (κ1) is 40.3. The van der Waals surface area contributed by atoms with Crippen LogP contribution in [-0.4, -0.2) is 87.5 Å². The first-order chi connectivity index (χ1) is 24.0. The monoisotopic (exact) mass is 735 g/mol. The van der Waals surface area contributed by atoms with Crippen LogP contribution in [0, 0.1) is 35.5 Å². The highest BCUT2D eigenvalue weighted by Crippen LogP contribution is 2.53. The van der Waals surface area contributed by atoms with Gasteiger partial charge in [-0.3, -0.25) is 0 Å². The number of carbonyl (C=O) groups is 1. The highest BCUT2D eigenvalue weighted by molar-refractivity contribution is 6.77. The lowest BCUT2D eigenvalue weighted by Gasteiger charge is -2.56. The molecule has 0 aromatic carbocycles. The second-order valence-corrected chi connectivity index (χ2v) is 24.7. The molecule has 0 saturated carbocycles. The van der Waals surface area contributed by atoms with Gasteiger partial charge in [-0.15, -0.1) is 0 Å². The summed E-state index contributed by atoms with van der Waals surface area (Å²) in [6.07, 6.45) is 6.35. The zero-order valence-electron chi connectivity index (χ0n) is 34.4. The lowest BCUT2D eigenvalue weighted by Crippen LogP contribution is -2.65. The van der Waals surface area contributed by atoms with E-state index < -0.39 is 19.7 Å². The minimum Gasteiger partial charge on any atom is -0.410 e. The Bertz CT molecular complexity index is 1170. The minimum atomic E-state index is -2.27. The third kappa shape index (κ3) is 7.01. The van der Waals surface area contributed by atoms with Crippen molar-refractivity contribution in [3.63, 3.8) is 0 Å². The fraction of sp³-hybridized carbons (Fsp3) is 0.976. The molecule has 0 radical (unpaired) electrons. The molecule has 0 aromatic heterocycles. The Kier molecular flexibility index (Phi) is 12.1. The zero-order chi connectivity index (χ0) is 37.2. The maximum absolute atomic E-state index is 11.9. The molecule has 0 amide bonds. The van der Waals surface area contributed by atoms with Gasteiger partial charge in [0.1, 0.15) is 6.29 Å². The van der Waals surface area contributed by atoms with E-state index in [9.17, 15) is 4.79 Å². The van der Waals surface area contributed by atoms with Crippen molar-refractivity contribution in [1.82, 2.24) is 0 Å². The largest absolute Gasteiger partial charge is 0.410 e. The molecular weight excluding hydrogens is 661 g/mol. The Morgan fingerprint density at radius 2 is 1.29 bits per heavy atom. The Morgan fingerprint density at radius 3 is 1.90 bits per heavy atom. The molecule has 0 N–H and O–H groups in total. The lowest BCUT2D eigenvalue weighted by atomic mass is 9.73. The minimum absolute atomic E-state index is 0.000487. The van der Waals surface area contributed by atoms with Gasteiger partial charge in [-0.25, -0.2) is 0 Å². The SMILES string of the molecule is CC(C)[Si](O[C@H]1C[C@@H]2O[C@@H]3C[C@@H]4O[C@@H]5[C@@H](C)[C@H](C)C6(CCCO6)O[C@H]5[C@@H](C)[C@H](C)[C@H]4O[C@H]3C[C@@H](C)C[C@H]2O[C@@]1(C)[C@H](C)CC=O)(C(C)C)C(C)C. The third-order valence-corrected chi connectivity index (χ3v) is 21.6. The van der Waals surface area contributed by atoms with Crippen molar-refractivity contribution in [3.8, 4) is 0 Å². The smallest absolute Gasteiger partial charge is 0.200 e. The summed E-state index contributed by atoms with van der Waals surface area (Å²) in [4.78, 5) is 11.9. The Morgan fingerprint density at radius 1 is 0.706 bits per heavy atom. The number of hydrogen-bond donors (Lipinski definition) is 0. The van der Waals surface area contributed by atoms with Gasteiger partial charge in [0.05, 0.1) is 67.1 Å². The molecule has 8 nitrogen and oxygen atoms in total. The van der Waals surface area contributed by atoms with Crippen LogP contribution >= 0.6 is 0 Å². The summed E-state index contributed by atoms with van der Waals surface area (Å²) in [5.41, 5.74) is 0.735. The Balaban J connectivity index is 1.28. The van der Waals surface area contributed by atoms with Crippen LogP contribution in [0.1, 0.15) is 135 Å². The van der Waals surface area contributed by atoms with Gasteiger partial charge < -0.3 is 37.6 Å². The molecule has 1 spiro atoms. The zero-order valence-corrected chi connectivity index (χ0v) is 35.4. The molecule has 6 aliphatic heterocycles. The summed E-state index contributed by atoms with van der Waals surface area (Å²) in [6.45, 7) is 30.9. The van der Waals surface area contributed by atoms with E-state index in [-0.39, 0.29) is 78.6 Å². The van der Waals surface area contributed by atoms with Crippen LogP contribution in [0.2, 0.25) is 16.6 Å². The van der Waals surface area contributed by atoms with E-state index in [0.717, 1.165) is 51.4 Å². The topological polar surface area (TPSA) is 81.7 Å². The van der Waals surface area contributed by atoms with Crippen LogP contribution in [0.25, 0.3) is 0 Å². The molecule has 6 fully saturated rings. The standard InChI is InChI=1S/C42H74O8Si/c1-23(2)51(24(3)4,25(5)6)50-37-22-34-35(48-41(37,13)27(8)15-17-43)20-26(7)19-32-33(45-34)21-36-38(46-32)28(9)29(10)40-39(47-36)30(11)31(12)42(49-40)16-14-18-44-42/h17,23-40H,14-16,18-22H2,1-13H3/t26-,27-,28+,29+,30+,31+,32+,33-,34+,35-,36+,37+,38-,39-,40+,41+,42?/m1/s1. The quantitative estimate of drug-likeness (QED) is 0.181. The Hall–Kier alpha value is -0.393. The highest BCUT2D eigenvalue weighted by atomic mass is 28.4. The maximum atomic E-state index is 11.9. The Labute approximate surface area is 311 Å². The van der Waals surface area contributed by atoms with Gasteiger partial charge in [0.25, 0.3) is 0 Å². The fourth-order valence-electron chi connectivity index (χ4n) is 11.9. The van der Waals surface area contributed by atoms with Crippen molar-refractivity contribution in [2.75, 3.05) is 6.61 Å². The van der Waals surface area contributed by atoms with Crippen LogP contribution in [0.15, 0.2) is 0 Å². The van der Waals surface area contributed by atoms with Gasteiger partial charge in [-0.05, 0) is 72.4 Å². The number of aldehydes is 1. The van der Waals surface area contributed by atoms with Gasteiger partial charge in [0, 0.05) is 31.6 Å². The van der Waals surface area contributed by atoms with Crippen LogP contribution in [-0.2, 0) is 37.6 Å². The van der Waals surface area contributed by atoms with E-state index in [1.165, 1.54) is 0 Å². The number of ether oxygens (including phenoxy) is 6. The van der Waals surface area contributed by atoms with Gasteiger partial charge in [-0.2, -0.15) is 0 Å². The molecule has 17 atom stereocenters. The number of fused-ring (bicyclic) bond motifs is 4. The van der Waals surface area contributed by atoms with E-state index in [4.69, 9.17) is 32.8 Å². The highest BCUT2D eigenvalue weighted by Gasteiger charge is 2.61. The molecule has 51 heavy (non-hydrogen) atoms. The number of rotatable bonds is 8. The summed E-state index contributed by atoms with van der Waals surface area (Å²) in [7, 11) is -2.27. The number of carbonyl (C=O) groups excluding carboxylic acids is 1. The molecule has 0 aromatic rings. The van der Waals surface area contributed by atoms with Crippen LogP contribution in [0.3, 0.4) is 0 Å². The predicted molar refractivity (Wildman–Crippen MR) is 202 cm³/mol. The lowest BCUT2D eigenvalue weighted by molar-refractivity contribution is -0.335. The van der Waals surface area contributed by atoms with Gasteiger partial charge in [0.2, 0.25) is 8.32 Å². The van der Waals surface area contributed by atoms with E-state index in [1.54, 1.807) is 0 Å². The average Bonchev–Trinajstić information content (AvgIpc) is 3.50. The van der Waals surface area contributed by atoms with Crippen molar-refractivity contribution in [1.29, 1.82) is 0 Å². The van der Waals surface area contributed by atoms with Crippen LogP contribution < -0.4 is 0 Å². The molecule has 9 heteroatoms. The van der Waals surface area contributed by atoms with Crippen molar-refractivity contribution in [3.05, 3.63) is 0 Å². The van der Waals surface area contributed by atoms with E-state index in [1.807, 2.05) is 0 Å². The predicted octanol–water partition coefficient (Wildman–Crippen LogP) is 8.88. The normalized spacial score (nSPS) is 48.3. The first-order valence-corrected chi connectivity index (χ1v) is 23.2. The van der Waals surface area contributed by atoms with Crippen molar-refractivity contribution in [2.45, 2.75) is 218 Å². The van der Waals surface area contributed by atoms with Crippen LogP contribution in [0.4, 0.5) is 0 Å². The van der Waals surface area contributed by atoms with Crippen molar-refractivity contribution in [2.24, 2.45) is 35.5 Å². The summed E-state index contributed by atoms with van der Waals surface area (Å²) in [5.74, 6) is 1.03. The number of hydrogen-bond acceptors (Lipinski definition) is 8. The molecular formula is C42H74O8Si. The van der Waals surface area contributed by atoms with E-state index in [0.29, 0.717) is 34.9 Å². The van der Waals surface area contributed by atoms with Crippen molar-refractivity contribution >= 4 is 14.6 Å². The van der Waals surface area contributed by atoms with E-state index in [2.05, 4.69) is 90.0 Å². The van der Waals surface area contributed by atoms with Gasteiger partial charge in [-0.1, -0.05) is 83.1 Å². The molecule has 0 bridgehead atoms. The molecule has 0 aliphatic carbocycles. The average molecular weight is 735 g/mol. The molecule has 6 aliphatic rings. The van der Waals surface area contributed by atoms with Gasteiger partial charge in [0.15, 0.2) is 5.79 Å². The second-order valence-electron chi connectivity index (χ2n) is 19.3. The second kappa shape index (κ2) is 15.3. The molecule has 6 heterocycles. The summed E-state index contributed by atoms with van der Waals surface area (Å²) in [6, 6.07) is 0.